The Hall–Kier alpha value is -1.59. The van der Waals surface area contributed by atoms with E-state index in [1.807, 2.05) is 0 Å². The van der Waals surface area contributed by atoms with E-state index in [-0.39, 0.29) is 6.10 Å². The van der Waals surface area contributed by atoms with Crippen molar-refractivity contribution in [2.24, 2.45) is 10.9 Å². The fourth-order valence-corrected chi connectivity index (χ4v) is 5.41. The maximum atomic E-state index is 6.05. The summed E-state index contributed by atoms with van der Waals surface area (Å²) in [7, 11) is 0. The molecule has 0 bridgehead atoms. The summed E-state index contributed by atoms with van der Waals surface area (Å²) in [6.07, 6.45) is 10.8. The first-order valence-corrected chi connectivity index (χ1v) is 12.3. The third-order valence-electron chi connectivity index (χ3n) is 7.13. The Bertz CT molecular complexity index is 650. The maximum absolute atomic E-state index is 6.05. The Balaban J connectivity index is 1.29. The van der Waals surface area contributed by atoms with Crippen molar-refractivity contribution >= 4 is 5.96 Å². The van der Waals surface area contributed by atoms with Gasteiger partial charge in [-0.05, 0) is 44.6 Å². The lowest BCUT2D eigenvalue weighted by Crippen LogP contribution is -2.51. The van der Waals surface area contributed by atoms with Crippen molar-refractivity contribution in [2.75, 3.05) is 32.8 Å². The largest absolute Gasteiger partial charge is 0.373 e. The zero-order valence-corrected chi connectivity index (χ0v) is 18.7. The van der Waals surface area contributed by atoms with Gasteiger partial charge < -0.3 is 20.3 Å². The van der Waals surface area contributed by atoms with Gasteiger partial charge in [0.05, 0.1) is 6.10 Å². The average Bonchev–Trinajstić information content (AvgIpc) is 3.28. The van der Waals surface area contributed by atoms with Crippen molar-refractivity contribution in [3.05, 3.63) is 35.9 Å². The van der Waals surface area contributed by atoms with Gasteiger partial charge in [-0.3, -0.25) is 4.99 Å². The lowest BCUT2D eigenvalue weighted by atomic mass is 9.92. The van der Waals surface area contributed by atoms with Crippen LogP contribution < -0.4 is 10.6 Å². The molecular weight excluding hydrogens is 372 g/mol. The summed E-state index contributed by atoms with van der Waals surface area (Å²) in [4.78, 5) is 7.73. The summed E-state index contributed by atoms with van der Waals surface area (Å²) in [5.41, 5.74) is 1.28. The van der Waals surface area contributed by atoms with Crippen molar-refractivity contribution in [3.8, 4) is 0 Å². The van der Waals surface area contributed by atoms with Crippen LogP contribution >= 0.6 is 0 Å². The third kappa shape index (κ3) is 5.76. The van der Waals surface area contributed by atoms with Crippen LogP contribution in [0.25, 0.3) is 0 Å². The fourth-order valence-electron chi connectivity index (χ4n) is 5.41. The summed E-state index contributed by atoms with van der Waals surface area (Å²) < 4.78 is 6.05. The van der Waals surface area contributed by atoms with E-state index in [9.17, 15) is 0 Å². The molecule has 2 saturated heterocycles. The first-order valence-electron chi connectivity index (χ1n) is 12.3. The molecule has 5 nitrogen and oxygen atoms in total. The predicted octanol–water partition coefficient (Wildman–Crippen LogP) is 4.12. The fraction of sp³-hybridized carbons (Fsp3) is 0.720. The van der Waals surface area contributed by atoms with Gasteiger partial charge in [0, 0.05) is 50.8 Å². The lowest BCUT2D eigenvalue weighted by molar-refractivity contribution is 0.0925. The van der Waals surface area contributed by atoms with E-state index in [0.717, 1.165) is 38.1 Å². The van der Waals surface area contributed by atoms with Crippen LogP contribution in [0, 0.1) is 5.92 Å². The number of aliphatic imine (C=N–C) groups is 1. The number of nitrogens with zero attached hydrogens (tertiary/aromatic N) is 2. The molecule has 0 radical (unpaired) electrons. The highest BCUT2D eigenvalue weighted by Gasteiger charge is 2.30. The first-order chi connectivity index (χ1) is 14.8. The summed E-state index contributed by atoms with van der Waals surface area (Å²) in [6, 6.07) is 12.0. The second-order valence-corrected chi connectivity index (χ2v) is 9.22. The molecule has 0 aromatic heterocycles. The highest BCUT2D eigenvalue weighted by molar-refractivity contribution is 5.80. The highest BCUT2D eigenvalue weighted by atomic mass is 16.5. The van der Waals surface area contributed by atoms with E-state index in [1.54, 1.807) is 0 Å². The molecule has 5 heteroatoms. The van der Waals surface area contributed by atoms with E-state index < -0.39 is 0 Å². The minimum absolute atomic E-state index is 0.177. The molecule has 1 aromatic rings. The zero-order chi connectivity index (χ0) is 20.6. The molecule has 30 heavy (non-hydrogen) atoms. The van der Waals surface area contributed by atoms with Gasteiger partial charge >= 0.3 is 0 Å². The second kappa shape index (κ2) is 11.1. The summed E-state index contributed by atoms with van der Waals surface area (Å²) in [5.74, 6) is 1.43. The van der Waals surface area contributed by atoms with Gasteiger partial charge in [-0.25, -0.2) is 0 Å². The second-order valence-electron chi connectivity index (χ2n) is 9.22. The summed E-state index contributed by atoms with van der Waals surface area (Å²) in [5, 5.41) is 7.20. The minimum Gasteiger partial charge on any atom is -0.373 e. The molecule has 3 aliphatic rings. The standard InChI is InChI=1S/C25H40N4O/c1-2-26-25(27-19-21-15-18-30-24(21)20-9-5-3-6-10-20)28-22-13-16-29(17-14-22)23-11-7-4-8-12-23/h3,5-6,9-10,21-24H,2,4,7-8,11-19H2,1H3,(H2,26,27,28). The Morgan fingerprint density at radius 1 is 1.03 bits per heavy atom. The molecular formula is C25H40N4O. The monoisotopic (exact) mass is 412 g/mol. The van der Waals surface area contributed by atoms with Crippen molar-refractivity contribution in [1.82, 2.24) is 15.5 Å². The number of nitrogens with one attached hydrogen (secondary N) is 2. The molecule has 3 fully saturated rings. The van der Waals surface area contributed by atoms with Crippen LogP contribution in [0.5, 0.6) is 0 Å². The van der Waals surface area contributed by atoms with Gasteiger partial charge in [0.1, 0.15) is 0 Å². The van der Waals surface area contributed by atoms with E-state index in [1.165, 1.54) is 63.6 Å². The smallest absolute Gasteiger partial charge is 0.191 e. The number of piperidine rings is 1. The van der Waals surface area contributed by atoms with Crippen LogP contribution in [-0.4, -0.2) is 55.7 Å². The van der Waals surface area contributed by atoms with Crippen LogP contribution in [0.1, 0.15) is 70.0 Å². The van der Waals surface area contributed by atoms with Crippen LogP contribution in [0.4, 0.5) is 0 Å². The van der Waals surface area contributed by atoms with Crippen molar-refractivity contribution in [1.29, 1.82) is 0 Å². The molecule has 1 saturated carbocycles. The number of benzene rings is 1. The molecule has 2 atom stereocenters. The normalized spacial score (nSPS) is 27.3. The number of rotatable bonds is 6. The van der Waals surface area contributed by atoms with Gasteiger partial charge in [-0.1, -0.05) is 49.6 Å². The Morgan fingerprint density at radius 3 is 2.53 bits per heavy atom. The maximum Gasteiger partial charge on any atom is 0.191 e. The molecule has 2 N–H and O–H groups in total. The molecule has 0 amide bonds. The Labute approximate surface area is 182 Å². The first kappa shape index (κ1) is 21.6. The Morgan fingerprint density at radius 2 is 1.80 bits per heavy atom. The quantitative estimate of drug-likeness (QED) is 0.545. The van der Waals surface area contributed by atoms with E-state index >= 15 is 0 Å². The number of hydrogen-bond acceptors (Lipinski definition) is 3. The molecule has 4 rings (SSSR count). The van der Waals surface area contributed by atoms with Crippen LogP contribution in [0.2, 0.25) is 0 Å². The van der Waals surface area contributed by atoms with Gasteiger partial charge in [-0.15, -0.1) is 0 Å². The van der Waals surface area contributed by atoms with Gasteiger partial charge in [-0.2, -0.15) is 0 Å². The molecule has 1 aromatic carbocycles. The van der Waals surface area contributed by atoms with E-state index in [4.69, 9.17) is 9.73 Å². The van der Waals surface area contributed by atoms with Crippen molar-refractivity contribution in [3.63, 3.8) is 0 Å². The van der Waals surface area contributed by atoms with E-state index in [0.29, 0.717) is 12.0 Å². The van der Waals surface area contributed by atoms with Gasteiger partial charge in [0.15, 0.2) is 5.96 Å². The van der Waals surface area contributed by atoms with Crippen LogP contribution in [0.3, 0.4) is 0 Å². The van der Waals surface area contributed by atoms with Gasteiger partial charge in [0.2, 0.25) is 0 Å². The molecule has 0 spiro atoms. The van der Waals surface area contributed by atoms with Crippen molar-refractivity contribution < 1.29 is 4.74 Å². The molecule has 166 valence electrons. The number of ether oxygens (including phenoxy) is 1. The zero-order valence-electron chi connectivity index (χ0n) is 18.7. The number of likely N-dealkylation sites (tertiary alicyclic amines) is 1. The minimum atomic E-state index is 0.177. The Kier molecular flexibility index (Phi) is 8.04. The van der Waals surface area contributed by atoms with E-state index in [2.05, 4.69) is 52.8 Å². The van der Waals surface area contributed by atoms with Gasteiger partial charge in [0.25, 0.3) is 0 Å². The average molecular weight is 413 g/mol. The number of guanidine groups is 1. The number of hydrogen-bond donors (Lipinski definition) is 2. The lowest BCUT2D eigenvalue weighted by Gasteiger charge is -2.39. The third-order valence-corrected chi connectivity index (χ3v) is 7.13. The van der Waals surface area contributed by atoms with Crippen molar-refractivity contribution in [2.45, 2.75) is 76.5 Å². The highest BCUT2D eigenvalue weighted by Crippen LogP contribution is 2.34. The molecule has 2 unspecified atom stereocenters. The van der Waals surface area contributed by atoms with Crippen LogP contribution in [0.15, 0.2) is 35.3 Å². The molecule has 2 aliphatic heterocycles. The summed E-state index contributed by atoms with van der Waals surface area (Å²) in [6.45, 7) is 7.16. The molecule has 1 aliphatic carbocycles. The molecule has 2 heterocycles. The topological polar surface area (TPSA) is 48.9 Å². The SMILES string of the molecule is CCNC(=NCC1CCOC1c1ccccc1)NC1CCN(C2CCCCC2)CC1. The predicted molar refractivity (Wildman–Crippen MR) is 124 cm³/mol. The van der Waals surface area contributed by atoms with Crippen LogP contribution in [-0.2, 0) is 4.74 Å². The summed E-state index contributed by atoms with van der Waals surface area (Å²) >= 11 is 0.